The van der Waals surface area contributed by atoms with Crippen LogP contribution in [0.25, 0.3) is 0 Å². The lowest BCUT2D eigenvalue weighted by Crippen LogP contribution is -2.43. The van der Waals surface area contributed by atoms with Crippen LogP contribution in [0.15, 0.2) is 18.2 Å². The standard InChI is InChI=1S/C15H21F4NO/c1-4-14(5-2,21-6-3)13(20)10-7-8-11(12(16)9-10)15(17,18)19/h7-9,13H,4-6,20H2,1-3H3. The molecule has 0 aliphatic rings. The molecule has 1 atom stereocenters. The predicted molar refractivity (Wildman–Crippen MR) is 73.3 cm³/mol. The Morgan fingerprint density at radius 1 is 1.14 bits per heavy atom. The van der Waals surface area contributed by atoms with Gasteiger partial charge < -0.3 is 10.5 Å². The molecule has 2 N–H and O–H groups in total. The van der Waals surface area contributed by atoms with Crippen LogP contribution in [-0.4, -0.2) is 12.2 Å². The first-order valence-electron chi connectivity index (χ1n) is 6.98. The molecule has 0 spiro atoms. The number of nitrogens with two attached hydrogens (primary N) is 1. The van der Waals surface area contributed by atoms with E-state index < -0.39 is 29.2 Å². The van der Waals surface area contributed by atoms with Crippen LogP contribution in [0.1, 0.15) is 50.8 Å². The fraction of sp³-hybridized carbons (Fsp3) is 0.600. The van der Waals surface area contributed by atoms with Crippen LogP contribution in [0.2, 0.25) is 0 Å². The number of hydrogen-bond donors (Lipinski definition) is 1. The molecule has 6 heteroatoms. The Kier molecular flexibility index (Phi) is 5.75. The summed E-state index contributed by atoms with van der Waals surface area (Å²) in [5.74, 6) is -1.31. The highest BCUT2D eigenvalue weighted by Gasteiger charge is 2.37. The normalized spacial score (nSPS) is 14.3. The molecule has 0 aliphatic heterocycles. The van der Waals surface area contributed by atoms with Gasteiger partial charge in [-0.1, -0.05) is 19.9 Å². The minimum absolute atomic E-state index is 0.303. The summed E-state index contributed by atoms with van der Waals surface area (Å²) >= 11 is 0. The molecule has 1 unspecified atom stereocenters. The van der Waals surface area contributed by atoms with Crippen LogP contribution in [-0.2, 0) is 10.9 Å². The topological polar surface area (TPSA) is 35.2 Å². The number of ether oxygens (including phenoxy) is 1. The lowest BCUT2D eigenvalue weighted by molar-refractivity contribution is -0.140. The first kappa shape index (κ1) is 17.9. The number of hydrogen-bond acceptors (Lipinski definition) is 2. The van der Waals surface area contributed by atoms with E-state index in [1.165, 1.54) is 6.07 Å². The molecule has 1 aromatic rings. The SMILES string of the molecule is CCOC(CC)(CC)C(N)c1ccc(C(F)(F)F)c(F)c1. The Balaban J connectivity index is 3.18. The van der Waals surface area contributed by atoms with E-state index in [1.54, 1.807) is 0 Å². The van der Waals surface area contributed by atoms with E-state index in [2.05, 4.69) is 0 Å². The number of halogens is 4. The van der Waals surface area contributed by atoms with Crippen molar-refractivity contribution in [3.05, 3.63) is 35.1 Å². The maximum atomic E-state index is 13.7. The van der Waals surface area contributed by atoms with Crippen LogP contribution < -0.4 is 5.73 Å². The highest BCUT2D eigenvalue weighted by molar-refractivity contribution is 5.30. The minimum atomic E-state index is -4.71. The second-order valence-corrected chi connectivity index (χ2v) is 4.92. The summed E-state index contributed by atoms with van der Waals surface area (Å²) in [7, 11) is 0. The summed E-state index contributed by atoms with van der Waals surface area (Å²) in [4.78, 5) is 0. The van der Waals surface area contributed by atoms with E-state index in [0.717, 1.165) is 12.1 Å². The van der Waals surface area contributed by atoms with Crippen molar-refractivity contribution in [2.24, 2.45) is 5.73 Å². The van der Waals surface area contributed by atoms with Crippen molar-refractivity contribution in [2.45, 2.75) is 51.4 Å². The Bertz CT molecular complexity index is 469. The fourth-order valence-electron chi connectivity index (χ4n) is 2.53. The minimum Gasteiger partial charge on any atom is -0.373 e. The molecule has 21 heavy (non-hydrogen) atoms. The van der Waals surface area contributed by atoms with Gasteiger partial charge in [0.15, 0.2) is 0 Å². The number of rotatable bonds is 6. The fourth-order valence-corrected chi connectivity index (χ4v) is 2.53. The molecule has 0 aliphatic carbocycles. The summed E-state index contributed by atoms with van der Waals surface area (Å²) in [5.41, 5.74) is 4.45. The molecular formula is C15H21F4NO. The summed E-state index contributed by atoms with van der Waals surface area (Å²) in [6, 6.07) is 2.11. The van der Waals surface area contributed by atoms with E-state index in [-0.39, 0.29) is 0 Å². The van der Waals surface area contributed by atoms with Crippen molar-refractivity contribution in [2.75, 3.05) is 6.61 Å². The van der Waals surface area contributed by atoms with Crippen LogP contribution >= 0.6 is 0 Å². The van der Waals surface area contributed by atoms with Gasteiger partial charge in [0.1, 0.15) is 5.82 Å². The molecule has 0 amide bonds. The third-order valence-corrected chi connectivity index (χ3v) is 3.85. The lowest BCUT2D eigenvalue weighted by Gasteiger charge is -2.37. The van der Waals surface area contributed by atoms with Gasteiger partial charge in [-0.25, -0.2) is 4.39 Å². The van der Waals surface area contributed by atoms with Gasteiger partial charge >= 0.3 is 6.18 Å². The smallest absolute Gasteiger partial charge is 0.373 e. The molecule has 0 saturated carbocycles. The summed E-state index contributed by atoms with van der Waals surface area (Å²) in [6.07, 6.45) is -3.54. The first-order valence-corrected chi connectivity index (χ1v) is 6.98. The molecule has 2 nitrogen and oxygen atoms in total. The van der Waals surface area contributed by atoms with Gasteiger partial charge in [-0.15, -0.1) is 0 Å². The molecular weight excluding hydrogens is 286 g/mol. The van der Waals surface area contributed by atoms with Gasteiger partial charge in [0.2, 0.25) is 0 Å². The van der Waals surface area contributed by atoms with Gasteiger partial charge in [-0.05, 0) is 37.5 Å². The third kappa shape index (κ3) is 3.74. The maximum absolute atomic E-state index is 13.7. The highest BCUT2D eigenvalue weighted by atomic mass is 19.4. The summed E-state index contributed by atoms with van der Waals surface area (Å²) < 4.78 is 57.1. The molecule has 1 aromatic carbocycles. The van der Waals surface area contributed by atoms with E-state index in [0.29, 0.717) is 25.0 Å². The molecule has 0 aromatic heterocycles. The highest BCUT2D eigenvalue weighted by Crippen LogP contribution is 2.36. The van der Waals surface area contributed by atoms with E-state index in [9.17, 15) is 17.6 Å². The number of benzene rings is 1. The molecule has 1 rings (SSSR count). The van der Waals surface area contributed by atoms with Crippen molar-refractivity contribution in [3.8, 4) is 0 Å². The molecule has 0 heterocycles. The van der Waals surface area contributed by atoms with E-state index in [1.807, 2.05) is 20.8 Å². The maximum Gasteiger partial charge on any atom is 0.419 e. The van der Waals surface area contributed by atoms with E-state index >= 15 is 0 Å². The molecule has 0 saturated heterocycles. The van der Waals surface area contributed by atoms with Crippen molar-refractivity contribution in [3.63, 3.8) is 0 Å². The van der Waals surface area contributed by atoms with Crippen LogP contribution in [0.5, 0.6) is 0 Å². The van der Waals surface area contributed by atoms with Crippen LogP contribution in [0, 0.1) is 5.82 Å². The second kappa shape index (κ2) is 6.75. The second-order valence-electron chi connectivity index (χ2n) is 4.92. The Morgan fingerprint density at radius 3 is 2.10 bits per heavy atom. The zero-order valence-corrected chi connectivity index (χ0v) is 12.4. The Hall–Kier alpha value is -1.14. The third-order valence-electron chi connectivity index (χ3n) is 3.85. The zero-order valence-electron chi connectivity index (χ0n) is 12.4. The quantitative estimate of drug-likeness (QED) is 0.789. The van der Waals surface area contributed by atoms with Crippen LogP contribution in [0.3, 0.4) is 0 Å². The summed E-state index contributed by atoms with van der Waals surface area (Å²) in [6.45, 7) is 6.03. The van der Waals surface area contributed by atoms with Crippen molar-refractivity contribution in [1.82, 2.24) is 0 Å². The lowest BCUT2D eigenvalue weighted by atomic mass is 9.84. The first-order chi connectivity index (χ1) is 9.71. The molecule has 0 fully saturated rings. The van der Waals surface area contributed by atoms with Gasteiger partial charge in [-0.3, -0.25) is 0 Å². The average molecular weight is 307 g/mol. The number of alkyl halides is 3. The monoisotopic (exact) mass is 307 g/mol. The molecule has 0 radical (unpaired) electrons. The largest absolute Gasteiger partial charge is 0.419 e. The molecule has 0 bridgehead atoms. The zero-order chi connectivity index (χ0) is 16.3. The van der Waals surface area contributed by atoms with Crippen molar-refractivity contribution < 1.29 is 22.3 Å². The van der Waals surface area contributed by atoms with Crippen LogP contribution in [0.4, 0.5) is 17.6 Å². The average Bonchev–Trinajstić information content (AvgIpc) is 2.42. The Morgan fingerprint density at radius 2 is 1.71 bits per heavy atom. The van der Waals surface area contributed by atoms with Gasteiger partial charge in [-0.2, -0.15) is 13.2 Å². The van der Waals surface area contributed by atoms with Gasteiger partial charge in [0, 0.05) is 6.61 Å². The van der Waals surface area contributed by atoms with Gasteiger partial charge in [0.25, 0.3) is 0 Å². The van der Waals surface area contributed by atoms with Gasteiger partial charge in [0.05, 0.1) is 17.2 Å². The van der Waals surface area contributed by atoms with Crippen molar-refractivity contribution >= 4 is 0 Å². The van der Waals surface area contributed by atoms with E-state index in [4.69, 9.17) is 10.5 Å². The Labute approximate surface area is 122 Å². The van der Waals surface area contributed by atoms with Crippen molar-refractivity contribution in [1.29, 1.82) is 0 Å². The predicted octanol–water partition coefficient (Wildman–Crippen LogP) is 4.44. The summed E-state index contributed by atoms with van der Waals surface area (Å²) in [5, 5.41) is 0. The molecule has 120 valence electrons.